The number of primary amides is 1. The molecule has 1 heterocycles. The zero-order valence-corrected chi connectivity index (χ0v) is 8.07. The number of benzene rings is 1. The Hall–Kier alpha value is -2.04. The summed E-state index contributed by atoms with van der Waals surface area (Å²) in [6.07, 6.45) is 0. The van der Waals surface area contributed by atoms with Crippen LogP contribution in [0.5, 0.6) is 11.5 Å². The second kappa shape index (κ2) is 3.27. The Balaban J connectivity index is 2.49. The molecule has 0 radical (unpaired) electrons. The Bertz CT molecular complexity index is 453. The van der Waals surface area contributed by atoms with Crippen LogP contribution in [0.1, 0.15) is 15.9 Å². The second-order valence-electron chi connectivity index (χ2n) is 3.21. The standard InChI is InChI=1S/C10H9NO4/c1-5-2-7-8(15-4-14-7)3-6(5)9(12)10(11)13/h2-3H,4H2,1H3,(H2,11,13). The molecule has 1 aliphatic heterocycles. The van der Waals surface area contributed by atoms with Gasteiger partial charge in [-0.1, -0.05) is 0 Å². The number of hydrogen-bond acceptors (Lipinski definition) is 4. The molecule has 0 fully saturated rings. The predicted octanol–water partition coefficient (Wildman–Crippen LogP) is 0.392. The van der Waals surface area contributed by atoms with E-state index in [0.717, 1.165) is 0 Å². The third-order valence-corrected chi connectivity index (χ3v) is 2.19. The van der Waals surface area contributed by atoms with E-state index < -0.39 is 11.7 Å². The Morgan fingerprint density at radius 3 is 2.47 bits per heavy atom. The number of fused-ring (bicyclic) bond motifs is 1. The minimum absolute atomic E-state index is 0.128. The van der Waals surface area contributed by atoms with Crippen molar-refractivity contribution in [2.24, 2.45) is 5.73 Å². The average Bonchev–Trinajstić information content (AvgIpc) is 2.62. The molecule has 1 amide bonds. The van der Waals surface area contributed by atoms with Gasteiger partial charge in [0.15, 0.2) is 11.5 Å². The number of hydrogen-bond donors (Lipinski definition) is 1. The van der Waals surface area contributed by atoms with Gasteiger partial charge in [0.2, 0.25) is 12.6 Å². The van der Waals surface area contributed by atoms with Crippen LogP contribution in [-0.4, -0.2) is 18.5 Å². The van der Waals surface area contributed by atoms with Crippen molar-refractivity contribution in [1.82, 2.24) is 0 Å². The highest BCUT2D eigenvalue weighted by atomic mass is 16.7. The number of carbonyl (C=O) groups excluding carboxylic acids is 2. The van der Waals surface area contributed by atoms with Gasteiger partial charge in [0, 0.05) is 5.56 Å². The molecule has 5 heteroatoms. The van der Waals surface area contributed by atoms with Gasteiger partial charge >= 0.3 is 0 Å². The topological polar surface area (TPSA) is 78.6 Å². The lowest BCUT2D eigenvalue weighted by Crippen LogP contribution is -2.23. The molecule has 15 heavy (non-hydrogen) atoms. The summed E-state index contributed by atoms with van der Waals surface area (Å²) in [5, 5.41) is 0. The minimum atomic E-state index is -0.975. The highest BCUT2D eigenvalue weighted by Crippen LogP contribution is 2.34. The first-order chi connectivity index (χ1) is 7.09. The molecule has 0 aromatic heterocycles. The van der Waals surface area contributed by atoms with Crippen LogP contribution < -0.4 is 15.2 Å². The molecule has 2 N–H and O–H groups in total. The van der Waals surface area contributed by atoms with E-state index in [1.165, 1.54) is 6.07 Å². The van der Waals surface area contributed by atoms with Crippen LogP contribution >= 0.6 is 0 Å². The molecule has 0 bridgehead atoms. The number of amides is 1. The van der Waals surface area contributed by atoms with Gasteiger partial charge in [-0.25, -0.2) is 0 Å². The van der Waals surface area contributed by atoms with Crippen LogP contribution in [0.4, 0.5) is 0 Å². The van der Waals surface area contributed by atoms with Crippen molar-refractivity contribution in [2.45, 2.75) is 6.92 Å². The van der Waals surface area contributed by atoms with Gasteiger partial charge in [0.1, 0.15) is 0 Å². The first kappa shape index (κ1) is 9.51. The highest BCUT2D eigenvalue weighted by Gasteiger charge is 2.21. The van der Waals surface area contributed by atoms with Crippen LogP contribution in [0.2, 0.25) is 0 Å². The fourth-order valence-electron chi connectivity index (χ4n) is 1.42. The van der Waals surface area contributed by atoms with E-state index in [-0.39, 0.29) is 12.4 Å². The number of ether oxygens (including phenoxy) is 2. The molecule has 2 rings (SSSR count). The van der Waals surface area contributed by atoms with E-state index in [9.17, 15) is 9.59 Å². The normalized spacial score (nSPS) is 12.6. The van der Waals surface area contributed by atoms with Crippen LogP contribution in [0.25, 0.3) is 0 Å². The predicted molar refractivity (Wildman–Crippen MR) is 50.8 cm³/mol. The molecular weight excluding hydrogens is 198 g/mol. The minimum Gasteiger partial charge on any atom is -0.454 e. The Labute approximate surface area is 85.8 Å². The first-order valence-corrected chi connectivity index (χ1v) is 4.34. The smallest absolute Gasteiger partial charge is 0.289 e. The zero-order chi connectivity index (χ0) is 11.0. The first-order valence-electron chi connectivity index (χ1n) is 4.34. The maximum absolute atomic E-state index is 11.4. The lowest BCUT2D eigenvalue weighted by molar-refractivity contribution is -0.114. The maximum Gasteiger partial charge on any atom is 0.289 e. The monoisotopic (exact) mass is 207 g/mol. The molecule has 1 aromatic rings. The fraction of sp³-hybridized carbons (Fsp3) is 0.200. The molecule has 0 unspecified atom stereocenters. The lowest BCUT2D eigenvalue weighted by atomic mass is 10.0. The second-order valence-corrected chi connectivity index (χ2v) is 3.21. The highest BCUT2D eigenvalue weighted by molar-refractivity contribution is 6.42. The van der Waals surface area contributed by atoms with Crippen LogP contribution in [0.3, 0.4) is 0 Å². The maximum atomic E-state index is 11.4. The van der Waals surface area contributed by atoms with Crippen molar-refractivity contribution >= 4 is 11.7 Å². The van der Waals surface area contributed by atoms with Gasteiger partial charge in [-0.05, 0) is 24.6 Å². The van der Waals surface area contributed by atoms with Crippen LogP contribution in [-0.2, 0) is 4.79 Å². The number of aryl methyl sites for hydroxylation is 1. The molecule has 5 nitrogen and oxygen atoms in total. The van der Waals surface area contributed by atoms with Crippen molar-refractivity contribution in [2.75, 3.05) is 6.79 Å². The summed E-state index contributed by atoms with van der Waals surface area (Å²) in [5.41, 5.74) is 5.82. The third kappa shape index (κ3) is 1.52. The lowest BCUT2D eigenvalue weighted by Gasteiger charge is -2.04. The summed E-state index contributed by atoms with van der Waals surface area (Å²) in [6, 6.07) is 3.13. The van der Waals surface area contributed by atoms with Gasteiger partial charge in [0.25, 0.3) is 5.91 Å². The quantitative estimate of drug-likeness (QED) is 0.562. The van der Waals surface area contributed by atoms with Crippen molar-refractivity contribution in [3.63, 3.8) is 0 Å². The van der Waals surface area contributed by atoms with Crippen molar-refractivity contribution < 1.29 is 19.1 Å². The molecule has 0 aliphatic carbocycles. The zero-order valence-electron chi connectivity index (χ0n) is 8.07. The number of carbonyl (C=O) groups is 2. The van der Waals surface area contributed by atoms with E-state index in [2.05, 4.69) is 0 Å². The van der Waals surface area contributed by atoms with Crippen LogP contribution in [0, 0.1) is 6.92 Å². The molecule has 1 aromatic carbocycles. The summed E-state index contributed by atoms with van der Waals surface area (Å²) in [4.78, 5) is 22.1. The van der Waals surface area contributed by atoms with Gasteiger partial charge in [0.05, 0.1) is 0 Å². The molecular formula is C10H9NO4. The van der Waals surface area contributed by atoms with E-state index >= 15 is 0 Å². The summed E-state index contributed by atoms with van der Waals surface area (Å²) in [7, 11) is 0. The molecule has 0 spiro atoms. The number of Topliss-reactive ketones (excluding diaryl/α,β-unsaturated/α-hetero) is 1. The summed E-state index contributed by atoms with van der Waals surface area (Å²) in [6.45, 7) is 1.83. The van der Waals surface area contributed by atoms with E-state index in [1.807, 2.05) is 0 Å². The third-order valence-electron chi connectivity index (χ3n) is 2.19. The number of ketones is 1. The Kier molecular flexibility index (Phi) is 2.07. The number of rotatable bonds is 2. The van der Waals surface area contributed by atoms with Gasteiger partial charge < -0.3 is 15.2 Å². The van der Waals surface area contributed by atoms with Crippen molar-refractivity contribution in [3.05, 3.63) is 23.3 Å². The number of nitrogens with two attached hydrogens (primary N) is 1. The largest absolute Gasteiger partial charge is 0.454 e. The van der Waals surface area contributed by atoms with Crippen molar-refractivity contribution in [1.29, 1.82) is 0 Å². The SMILES string of the molecule is Cc1cc2c(cc1C(=O)C(N)=O)OCO2. The van der Waals surface area contributed by atoms with E-state index in [0.29, 0.717) is 17.1 Å². The van der Waals surface area contributed by atoms with Gasteiger partial charge in [-0.2, -0.15) is 0 Å². The molecule has 1 aliphatic rings. The average molecular weight is 207 g/mol. The van der Waals surface area contributed by atoms with E-state index in [4.69, 9.17) is 15.2 Å². The van der Waals surface area contributed by atoms with Crippen molar-refractivity contribution in [3.8, 4) is 11.5 Å². The summed E-state index contributed by atoms with van der Waals surface area (Å²) < 4.78 is 10.2. The molecule has 78 valence electrons. The summed E-state index contributed by atoms with van der Waals surface area (Å²) in [5.74, 6) is -0.651. The van der Waals surface area contributed by atoms with E-state index in [1.54, 1.807) is 13.0 Å². The fourth-order valence-corrected chi connectivity index (χ4v) is 1.42. The van der Waals surface area contributed by atoms with Gasteiger partial charge in [-0.15, -0.1) is 0 Å². The van der Waals surface area contributed by atoms with Crippen LogP contribution in [0.15, 0.2) is 12.1 Å². The Morgan fingerprint density at radius 2 is 1.87 bits per heavy atom. The molecule has 0 saturated heterocycles. The molecule has 0 saturated carbocycles. The summed E-state index contributed by atoms with van der Waals surface area (Å²) >= 11 is 0. The molecule has 0 atom stereocenters. The van der Waals surface area contributed by atoms with Gasteiger partial charge in [-0.3, -0.25) is 9.59 Å². The Morgan fingerprint density at radius 1 is 1.27 bits per heavy atom.